The zero-order valence-electron chi connectivity index (χ0n) is 16.4. The smallest absolute Gasteiger partial charge is 0.307 e. The van der Waals surface area contributed by atoms with E-state index in [9.17, 15) is 13.6 Å². The summed E-state index contributed by atoms with van der Waals surface area (Å²) in [5.41, 5.74) is 6.19. The number of carbonyl (C=O) groups excluding carboxylic acids is 1. The van der Waals surface area contributed by atoms with Gasteiger partial charge in [-0.05, 0) is 44.8 Å². The molecule has 25 heavy (non-hydrogen) atoms. The Morgan fingerprint density at radius 2 is 1.84 bits per heavy atom. The van der Waals surface area contributed by atoms with E-state index in [4.69, 9.17) is 10.5 Å². The molecule has 0 heterocycles. The highest BCUT2D eigenvalue weighted by Crippen LogP contribution is 2.41. The van der Waals surface area contributed by atoms with E-state index in [-0.39, 0.29) is 25.3 Å². The van der Waals surface area contributed by atoms with Crippen molar-refractivity contribution < 1.29 is 18.3 Å². The lowest BCUT2D eigenvalue weighted by Gasteiger charge is -2.32. The zero-order chi connectivity index (χ0) is 19.8. The highest BCUT2D eigenvalue weighted by atomic mass is 19.1. The fourth-order valence-electron chi connectivity index (χ4n) is 2.75. The SMILES string of the molecule is C=C/C(C)=C(/F)C(CC(C)(C)/C(F)=C(/C)CC)[C@@H](N)CC(=O)OCC. The first-order valence-electron chi connectivity index (χ1n) is 8.77. The summed E-state index contributed by atoms with van der Waals surface area (Å²) in [7, 11) is 0. The Hall–Kier alpha value is -1.49. The normalized spacial score (nSPS) is 16.5. The predicted molar refractivity (Wildman–Crippen MR) is 99.2 cm³/mol. The maximum atomic E-state index is 14.9. The monoisotopic (exact) mass is 357 g/mol. The standard InChI is InChI=1S/C20H33F2NO2/c1-8-13(4)18(21)15(16(23)11-17(24)25-10-3)12-20(6,7)19(22)14(5)9-2/h8,15-16H,1,9-12,23H2,2-7H3/b18-13+,19-14+/t15?,16-/m0/s1. The molecule has 2 atom stereocenters. The summed E-state index contributed by atoms with van der Waals surface area (Å²) in [6, 6.07) is -0.803. The van der Waals surface area contributed by atoms with Gasteiger partial charge in [-0.25, -0.2) is 8.78 Å². The van der Waals surface area contributed by atoms with Gasteiger partial charge >= 0.3 is 5.97 Å². The summed E-state index contributed by atoms with van der Waals surface area (Å²) >= 11 is 0. The largest absolute Gasteiger partial charge is 0.466 e. The van der Waals surface area contributed by atoms with Crippen molar-refractivity contribution >= 4 is 5.97 Å². The number of allylic oxidation sites excluding steroid dienone is 4. The molecule has 0 amide bonds. The molecule has 0 rings (SSSR count). The summed E-state index contributed by atoms with van der Waals surface area (Å²) in [6.07, 6.45) is 2.01. The Balaban J connectivity index is 5.69. The number of carbonyl (C=O) groups is 1. The Bertz CT molecular complexity index is 536. The van der Waals surface area contributed by atoms with Gasteiger partial charge in [0.25, 0.3) is 0 Å². The summed E-state index contributed by atoms with van der Waals surface area (Å²) in [4.78, 5) is 11.7. The Morgan fingerprint density at radius 3 is 2.28 bits per heavy atom. The molecule has 0 radical (unpaired) electrons. The average molecular weight is 357 g/mol. The fraction of sp³-hybridized carbons (Fsp3) is 0.650. The van der Waals surface area contributed by atoms with Crippen molar-refractivity contribution in [3.05, 3.63) is 35.5 Å². The molecule has 0 bridgehead atoms. The van der Waals surface area contributed by atoms with Gasteiger partial charge in [-0.2, -0.15) is 0 Å². The second-order valence-corrected chi connectivity index (χ2v) is 7.05. The molecule has 0 fully saturated rings. The van der Waals surface area contributed by atoms with Crippen LogP contribution in [0.15, 0.2) is 35.5 Å². The first-order valence-corrected chi connectivity index (χ1v) is 8.77. The number of ether oxygens (including phenoxy) is 1. The molecule has 0 aromatic carbocycles. The van der Waals surface area contributed by atoms with Crippen molar-refractivity contribution in [1.29, 1.82) is 0 Å². The molecule has 0 aromatic heterocycles. The van der Waals surface area contributed by atoms with Crippen LogP contribution in [0.3, 0.4) is 0 Å². The number of hydrogen-bond donors (Lipinski definition) is 1. The third-order valence-electron chi connectivity index (χ3n) is 4.46. The highest BCUT2D eigenvalue weighted by Gasteiger charge is 2.35. The topological polar surface area (TPSA) is 52.3 Å². The van der Waals surface area contributed by atoms with Crippen LogP contribution in [0.2, 0.25) is 0 Å². The van der Waals surface area contributed by atoms with E-state index in [1.54, 1.807) is 34.6 Å². The number of esters is 1. The second-order valence-electron chi connectivity index (χ2n) is 7.05. The summed E-state index contributed by atoms with van der Waals surface area (Å²) in [6.45, 7) is 14.1. The van der Waals surface area contributed by atoms with E-state index < -0.39 is 29.2 Å². The van der Waals surface area contributed by atoms with Crippen molar-refractivity contribution in [2.75, 3.05) is 6.61 Å². The lowest BCUT2D eigenvalue weighted by atomic mass is 9.76. The quantitative estimate of drug-likeness (QED) is 0.422. The minimum Gasteiger partial charge on any atom is -0.466 e. The lowest BCUT2D eigenvalue weighted by Crippen LogP contribution is -2.37. The third kappa shape index (κ3) is 7.10. The van der Waals surface area contributed by atoms with Crippen LogP contribution in [-0.2, 0) is 9.53 Å². The molecular formula is C20H33F2NO2. The minimum atomic E-state index is -0.893. The lowest BCUT2D eigenvalue weighted by molar-refractivity contribution is -0.143. The maximum absolute atomic E-state index is 14.9. The molecule has 0 aliphatic carbocycles. The van der Waals surface area contributed by atoms with E-state index in [1.807, 2.05) is 6.92 Å². The van der Waals surface area contributed by atoms with Gasteiger partial charge in [0, 0.05) is 17.4 Å². The van der Waals surface area contributed by atoms with Crippen LogP contribution in [0.25, 0.3) is 0 Å². The van der Waals surface area contributed by atoms with Gasteiger partial charge in [-0.3, -0.25) is 4.79 Å². The van der Waals surface area contributed by atoms with Crippen LogP contribution >= 0.6 is 0 Å². The van der Waals surface area contributed by atoms with Gasteiger partial charge in [-0.1, -0.05) is 33.4 Å². The van der Waals surface area contributed by atoms with Gasteiger partial charge < -0.3 is 10.5 Å². The maximum Gasteiger partial charge on any atom is 0.307 e. The number of rotatable bonds is 10. The van der Waals surface area contributed by atoms with E-state index in [2.05, 4.69) is 6.58 Å². The number of nitrogens with two attached hydrogens (primary N) is 1. The van der Waals surface area contributed by atoms with Crippen LogP contribution in [0.4, 0.5) is 8.78 Å². The van der Waals surface area contributed by atoms with Crippen LogP contribution in [-0.4, -0.2) is 18.6 Å². The molecule has 144 valence electrons. The zero-order valence-corrected chi connectivity index (χ0v) is 16.4. The van der Waals surface area contributed by atoms with Crippen molar-refractivity contribution in [3.8, 4) is 0 Å². The fourth-order valence-corrected chi connectivity index (χ4v) is 2.75. The van der Waals surface area contributed by atoms with E-state index in [0.717, 1.165) is 0 Å². The van der Waals surface area contributed by atoms with Crippen molar-refractivity contribution in [3.63, 3.8) is 0 Å². The van der Waals surface area contributed by atoms with Crippen LogP contribution in [0, 0.1) is 11.3 Å². The molecule has 0 aromatic rings. The molecule has 0 saturated carbocycles. The summed E-state index contributed by atoms with van der Waals surface area (Å²) in [5, 5.41) is 0. The van der Waals surface area contributed by atoms with Gasteiger partial charge in [0.15, 0.2) is 0 Å². The first-order chi connectivity index (χ1) is 11.5. The highest BCUT2D eigenvalue weighted by molar-refractivity contribution is 5.70. The summed E-state index contributed by atoms with van der Waals surface area (Å²) in [5.74, 6) is -2.00. The Kier molecular flexibility index (Phi) is 9.86. The van der Waals surface area contributed by atoms with E-state index in [0.29, 0.717) is 17.6 Å². The van der Waals surface area contributed by atoms with Crippen LogP contribution in [0.5, 0.6) is 0 Å². The molecule has 2 N–H and O–H groups in total. The van der Waals surface area contributed by atoms with E-state index >= 15 is 0 Å². The average Bonchev–Trinajstić information content (AvgIpc) is 2.56. The predicted octanol–water partition coefficient (Wildman–Crippen LogP) is 5.38. The number of halogens is 2. The van der Waals surface area contributed by atoms with Crippen LogP contribution < -0.4 is 5.73 Å². The van der Waals surface area contributed by atoms with Gasteiger partial charge in [0.2, 0.25) is 0 Å². The summed E-state index contributed by atoms with van der Waals surface area (Å²) < 4.78 is 34.5. The molecule has 1 unspecified atom stereocenters. The third-order valence-corrected chi connectivity index (χ3v) is 4.46. The van der Waals surface area contributed by atoms with E-state index in [1.165, 1.54) is 6.08 Å². The molecule has 0 spiro atoms. The number of hydrogen-bond acceptors (Lipinski definition) is 3. The molecule has 5 heteroatoms. The molecule has 0 saturated heterocycles. The molecule has 0 aliphatic heterocycles. The van der Waals surface area contributed by atoms with Crippen molar-refractivity contribution in [1.82, 2.24) is 0 Å². The van der Waals surface area contributed by atoms with Crippen molar-refractivity contribution in [2.24, 2.45) is 17.1 Å². The second kappa shape index (κ2) is 10.5. The molecule has 3 nitrogen and oxygen atoms in total. The van der Waals surface area contributed by atoms with Crippen LogP contribution in [0.1, 0.15) is 60.8 Å². The first kappa shape index (κ1) is 23.5. The van der Waals surface area contributed by atoms with Gasteiger partial charge in [0.05, 0.1) is 13.0 Å². The Labute approximate surface area is 151 Å². The van der Waals surface area contributed by atoms with Crippen molar-refractivity contribution in [2.45, 2.75) is 66.8 Å². The Morgan fingerprint density at radius 1 is 1.28 bits per heavy atom. The van der Waals surface area contributed by atoms with Gasteiger partial charge in [-0.15, -0.1) is 0 Å². The van der Waals surface area contributed by atoms with Gasteiger partial charge in [0.1, 0.15) is 11.7 Å². The molecular weight excluding hydrogens is 324 g/mol. The minimum absolute atomic E-state index is 0.121. The molecule has 0 aliphatic rings.